The van der Waals surface area contributed by atoms with Crippen LogP contribution in [0, 0.1) is 0 Å². The fourth-order valence-electron chi connectivity index (χ4n) is 2.58. The van der Waals surface area contributed by atoms with E-state index in [4.69, 9.17) is 9.84 Å². The summed E-state index contributed by atoms with van der Waals surface area (Å²) in [5.74, 6) is 0.0422. The van der Waals surface area contributed by atoms with Crippen molar-refractivity contribution in [3.05, 3.63) is 54.1 Å². The van der Waals surface area contributed by atoms with Gasteiger partial charge < -0.3 is 9.84 Å². The van der Waals surface area contributed by atoms with Gasteiger partial charge in [0.05, 0.1) is 18.0 Å². The quantitative estimate of drug-likeness (QED) is 0.345. The molecule has 1 N–H and O–H groups in total. The van der Waals surface area contributed by atoms with Crippen LogP contribution < -0.4 is 4.74 Å². The Morgan fingerprint density at radius 3 is 2.11 bits per heavy atom. The van der Waals surface area contributed by atoms with Crippen molar-refractivity contribution in [2.24, 2.45) is 10.2 Å². The van der Waals surface area contributed by atoms with E-state index in [2.05, 4.69) is 29.3 Å². The van der Waals surface area contributed by atoms with E-state index in [0.717, 1.165) is 36.4 Å². The number of hydrogen-bond donors (Lipinski definition) is 1. The Kier molecular flexibility index (Phi) is 9.04. The van der Waals surface area contributed by atoms with Crippen LogP contribution in [0.3, 0.4) is 0 Å². The molecule has 0 amide bonds. The zero-order chi connectivity index (χ0) is 19.3. The summed E-state index contributed by atoms with van der Waals surface area (Å²) >= 11 is 0. The van der Waals surface area contributed by atoms with Crippen LogP contribution in [0.2, 0.25) is 0 Å². The van der Waals surface area contributed by atoms with Crippen molar-refractivity contribution in [3.63, 3.8) is 0 Å². The maximum atomic E-state index is 10.4. The first-order valence-electron chi connectivity index (χ1n) is 9.62. The molecular weight excluding hydrogens is 340 g/mol. The molecule has 0 bridgehead atoms. The summed E-state index contributed by atoms with van der Waals surface area (Å²) in [5.41, 5.74) is 2.95. The smallest absolute Gasteiger partial charge is 0.303 e. The third-order valence-electron chi connectivity index (χ3n) is 4.18. The number of rotatable bonds is 12. The molecule has 0 fully saturated rings. The molecule has 0 aliphatic heterocycles. The largest absolute Gasteiger partial charge is 0.494 e. The summed E-state index contributed by atoms with van der Waals surface area (Å²) in [6.45, 7) is 2.78. The van der Waals surface area contributed by atoms with Crippen molar-refractivity contribution < 1.29 is 14.6 Å². The number of ether oxygens (including phenoxy) is 1. The lowest BCUT2D eigenvalue weighted by Crippen LogP contribution is -1.98. The number of benzene rings is 2. The van der Waals surface area contributed by atoms with Crippen LogP contribution in [0.15, 0.2) is 58.8 Å². The Morgan fingerprint density at radius 2 is 1.52 bits per heavy atom. The maximum absolute atomic E-state index is 10.4. The first-order valence-corrected chi connectivity index (χ1v) is 9.62. The fourth-order valence-corrected chi connectivity index (χ4v) is 2.58. The van der Waals surface area contributed by atoms with Crippen LogP contribution in [-0.2, 0) is 11.2 Å². The molecule has 0 saturated heterocycles. The number of carboxylic acid groups (broad SMARTS) is 1. The third kappa shape index (κ3) is 8.49. The van der Waals surface area contributed by atoms with Crippen molar-refractivity contribution in [1.29, 1.82) is 0 Å². The van der Waals surface area contributed by atoms with Crippen molar-refractivity contribution in [1.82, 2.24) is 0 Å². The van der Waals surface area contributed by atoms with Gasteiger partial charge in [-0.25, -0.2) is 0 Å². The minimum absolute atomic E-state index is 0.223. The summed E-state index contributed by atoms with van der Waals surface area (Å²) in [4.78, 5) is 10.4. The monoisotopic (exact) mass is 368 g/mol. The first-order chi connectivity index (χ1) is 13.2. The van der Waals surface area contributed by atoms with Gasteiger partial charge in [-0.3, -0.25) is 4.79 Å². The number of hydrogen-bond acceptors (Lipinski definition) is 4. The summed E-state index contributed by atoms with van der Waals surface area (Å²) in [6.07, 6.45) is 6.13. The Balaban J connectivity index is 1.74. The van der Waals surface area contributed by atoms with Gasteiger partial charge in [0, 0.05) is 6.42 Å². The van der Waals surface area contributed by atoms with E-state index in [-0.39, 0.29) is 6.42 Å². The zero-order valence-corrected chi connectivity index (χ0v) is 15.9. The number of carboxylic acids is 1. The number of unbranched alkanes of at least 4 members (excludes halogenated alkanes) is 3. The molecule has 2 aromatic rings. The lowest BCUT2D eigenvalue weighted by atomic mass is 10.1. The Labute approximate surface area is 161 Å². The molecule has 0 saturated carbocycles. The average molecular weight is 368 g/mol. The minimum Gasteiger partial charge on any atom is -0.494 e. The van der Waals surface area contributed by atoms with Gasteiger partial charge in [-0.15, -0.1) is 0 Å². The average Bonchev–Trinajstić information content (AvgIpc) is 2.69. The molecule has 0 unspecified atom stereocenters. The molecule has 5 nitrogen and oxygen atoms in total. The highest BCUT2D eigenvalue weighted by atomic mass is 16.5. The summed E-state index contributed by atoms with van der Waals surface area (Å²) in [6, 6.07) is 15.7. The standard InChI is InChI=1S/C22H28N2O3/c1-2-3-7-18-9-11-19(12-10-18)23-24-20-13-15-21(16-14-20)27-17-6-4-5-8-22(25)26/h9-16H,2-8,17H2,1H3,(H,25,26). The normalized spacial score (nSPS) is 11.0. The van der Waals surface area contributed by atoms with Crippen LogP contribution in [0.25, 0.3) is 0 Å². The van der Waals surface area contributed by atoms with E-state index in [1.165, 1.54) is 18.4 Å². The van der Waals surface area contributed by atoms with Crippen molar-refractivity contribution in [2.45, 2.75) is 51.9 Å². The van der Waals surface area contributed by atoms with Gasteiger partial charge in [0.1, 0.15) is 5.75 Å². The van der Waals surface area contributed by atoms with Crippen LogP contribution in [-0.4, -0.2) is 17.7 Å². The van der Waals surface area contributed by atoms with Gasteiger partial charge in [-0.1, -0.05) is 25.5 Å². The predicted molar refractivity (Wildman–Crippen MR) is 107 cm³/mol. The minimum atomic E-state index is -0.742. The van der Waals surface area contributed by atoms with E-state index >= 15 is 0 Å². The molecule has 0 radical (unpaired) electrons. The molecule has 2 aromatic carbocycles. The number of carbonyl (C=O) groups is 1. The van der Waals surface area contributed by atoms with Gasteiger partial charge in [0.15, 0.2) is 0 Å². The topological polar surface area (TPSA) is 71.2 Å². The van der Waals surface area contributed by atoms with E-state index in [9.17, 15) is 4.79 Å². The summed E-state index contributed by atoms with van der Waals surface area (Å²) in [5, 5.41) is 17.1. The lowest BCUT2D eigenvalue weighted by Gasteiger charge is -2.05. The summed E-state index contributed by atoms with van der Waals surface area (Å²) in [7, 11) is 0. The second-order valence-corrected chi connectivity index (χ2v) is 6.52. The second kappa shape index (κ2) is 11.8. The molecule has 2 rings (SSSR count). The van der Waals surface area contributed by atoms with Crippen LogP contribution in [0.4, 0.5) is 11.4 Å². The third-order valence-corrected chi connectivity index (χ3v) is 4.18. The molecule has 144 valence electrons. The van der Waals surface area contributed by atoms with Crippen molar-refractivity contribution >= 4 is 17.3 Å². The molecule has 0 aliphatic carbocycles. The van der Waals surface area contributed by atoms with Gasteiger partial charge in [-0.05, 0) is 74.1 Å². The SMILES string of the molecule is CCCCc1ccc(N=Nc2ccc(OCCCCCC(=O)O)cc2)cc1. The molecule has 0 aromatic heterocycles. The van der Waals surface area contributed by atoms with Gasteiger partial charge in [0.25, 0.3) is 0 Å². The highest BCUT2D eigenvalue weighted by Gasteiger charge is 1.99. The molecule has 0 heterocycles. The van der Waals surface area contributed by atoms with Crippen molar-refractivity contribution in [2.75, 3.05) is 6.61 Å². The molecular formula is C22H28N2O3. The van der Waals surface area contributed by atoms with Crippen LogP contribution >= 0.6 is 0 Å². The highest BCUT2D eigenvalue weighted by molar-refractivity contribution is 5.66. The molecule has 0 atom stereocenters. The van der Waals surface area contributed by atoms with E-state index in [0.29, 0.717) is 13.0 Å². The lowest BCUT2D eigenvalue weighted by molar-refractivity contribution is -0.137. The van der Waals surface area contributed by atoms with Gasteiger partial charge in [-0.2, -0.15) is 10.2 Å². The Morgan fingerprint density at radius 1 is 0.889 bits per heavy atom. The second-order valence-electron chi connectivity index (χ2n) is 6.52. The molecule has 0 aliphatic rings. The van der Waals surface area contributed by atoms with Crippen LogP contribution in [0.5, 0.6) is 5.75 Å². The Bertz CT molecular complexity index is 709. The number of aryl methyl sites for hydroxylation is 1. The molecule has 5 heteroatoms. The van der Waals surface area contributed by atoms with Crippen LogP contribution in [0.1, 0.15) is 51.0 Å². The zero-order valence-electron chi connectivity index (χ0n) is 15.9. The molecule has 0 spiro atoms. The predicted octanol–water partition coefficient (Wildman–Crippen LogP) is 6.47. The maximum Gasteiger partial charge on any atom is 0.303 e. The Hall–Kier alpha value is -2.69. The van der Waals surface area contributed by atoms with E-state index in [1.54, 1.807) is 0 Å². The van der Waals surface area contributed by atoms with E-state index < -0.39 is 5.97 Å². The van der Waals surface area contributed by atoms with E-state index in [1.807, 2.05) is 36.4 Å². The highest BCUT2D eigenvalue weighted by Crippen LogP contribution is 2.22. The number of azo groups is 1. The van der Waals surface area contributed by atoms with Crippen molar-refractivity contribution in [3.8, 4) is 5.75 Å². The fraction of sp³-hybridized carbons (Fsp3) is 0.409. The number of aliphatic carboxylic acids is 1. The van der Waals surface area contributed by atoms with Gasteiger partial charge in [0.2, 0.25) is 0 Å². The first kappa shape index (κ1) is 20.6. The number of nitrogens with zero attached hydrogens (tertiary/aromatic N) is 2. The summed E-state index contributed by atoms with van der Waals surface area (Å²) < 4.78 is 5.66. The van der Waals surface area contributed by atoms with Gasteiger partial charge >= 0.3 is 5.97 Å². The molecule has 27 heavy (non-hydrogen) atoms.